The van der Waals surface area contributed by atoms with E-state index >= 15 is 0 Å². The highest BCUT2D eigenvalue weighted by molar-refractivity contribution is 9.10. The average Bonchev–Trinajstić information content (AvgIpc) is 2.74. The molecule has 0 aromatic heterocycles. The quantitative estimate of drug-likeness (QED) is 0.279. The van der Waals surface area contributed by atoms with Gasteiger partial charge < -0.3 is 10.1 Å². The highest BCUT2D eigenvalue weighted by Crippen LogP contribution is 2.30. The Balaban J connectivity index is 1.85. The number of carbonyl (C=O) groups excluding carboxylic acids is 1. The summed E-state index contributed by atoms with van der Waals surface area (Å²) in [6.07, 6.45) is 1.48. The van der Waals surface area contributed by atoms with Crippen LogP contribution in [0.1, 0.15) is 16.7 Å². The summed E-state index contributed by atoms with van der Waals surface area (Å²) in [6, 6.07) is 20.2. The van der Waals surface area contributed by atoms with Crippen LogP contribution in [0.15, 0.2) is 70.7 Å². The van der Waals surface area contributed by atoms with Gasteiger partial charge in [-0.25, -0.2) is 0 Å². The second-order valence-electron chi connectivity index (χ2n) is 6.69. The predicted molar refractivity (Wildman–Crippen MR) is 128 cm³/mol. The van der Waals surface area contributed by atoms with Gasteiger partial charge in [0, 0.05) is 10.0 Å². The lowest BCUT2D eigenvalue weighted by Gasteiger charge is -2.11. The summed E-state index contributed by atoms with van der Waals surface area (Å²) in [4.78, 5) is 12.7. The Morgan fingerprint density at radius 1 is 1.16 bits per heavy atom. The van der Waals surface area contributed by atoms with Gasteiger partial charge in [-0.05, 0) is 48.9 Å². The maximum absolute atomic E-state index is 12.7. The molecule has 0 bridgehead atoms. The number of amides is 1. The maximum atomic E-state index is 12.7. The van der Waals surface area contributed by atoms with Crippen LogP contribution in [-0.2, 0) is 11.4 Å². The third-order valence-electron chi connectivity index (χ3n) is 4.31. The van der Waals surface area contributed by atoms with Crippen molar-refractivity contribution in [3.05, 3.63) is 97.4 Å². The van der Waals surface area contributed by atoms with Gasteiger partial charge in [0.05, 0.1) is 15.7 Å². The lowest BCUT2D eigenvalue weighted by Crippen LogP contribution is -2.14. The molecule has 31 heavy (non-hydrogen) atoms. The molecule has 0 saturated carbocycles. The maximum Gasteiger partial charge on any atom is 0.266 e. The molecule has 3 aromatic rings. The van der Waals surface area contributed by atoms with Crippen LogP contribution >= 0.6 is 39.1 Å². The molecule has 0 aliphatic carbocycles. The van der Waals surface area contributed by atoms with Crippen molar-refractivity contribution in [2.45, 2.75) is 13.5 Å². The fourth-order valence-corrected chi connectivity index (χ4v) is 3.55. The number of halogens is 3. The Hall–Kier alpha value is -2.78. The van der Waals surface area contributed by atoms with E-state index in [4.69, 9.17) is 27.9 Å². The fourth-order valence-electron chi connectivity index (χ4n) is 2.82. The van der Waals surface area contributed by atoms with Gasteiger partial charge >= 0.3 is 0 Å². The molecule has 0 radical (unpaired) electrons. The molecule has 3 aromatic carbocycles. The van der Waals surface area contributed by atoms with Crippen LogP contribution in [0.4, 0.5) is 5.69 Å². The molecule has 0 unspecified atom stereocenters. The fraction of sp³-hybridized carbons (Fsp3) is 0.0833. The molecule has 0 heterocycles. The summed E-state index contributed by atoms with van der Waals surface area (Å²) in [5.41, 5.74) is 2.97. The summed E-state index contributed by atoms with van der Waals surface area (Å²) in [7, 11) is 0. The molecule has 0 aliphatic rings. The van der Waals surface area contributed by atoms with Crippen LogP contribution in [0.3, 0.4) is 0 Å². The molecule has 156 valence electrons. The van der Waals surface area contributed by atoms with Crippen molar-refractivity contribution in [1.29, 1.82) is 5.26 Å². The molecule has 0 saturated heterocycles. The highest BCUT2D eigenvalue weighted by atomic mass is 79.9. The zero-order valence-corrected chi connectivity index (χ0v) is 19.6. The number of hydrogen-bond donors (Lipinski definition) is 1. The van der Waals surface area contributed by atoms with Gasteiger partial charge in [-0.15, -0.1) is 0 Å². The van der Waals surface area contributed by atoms with Crippen molar-refractivity contribution < 1.29 is 9.53 Å². The second kappa shape index (κ2) is 10.5. The van der Waals surface area contributed by atoms with E-state index in [-0.39, 0.29) is 10.6 Å². The minimum Gasteiger partial charge on any atom is -0.488 e. The van der Waals surface area contributed by atoms with E-state index in [0.717, 1.165) is 15.6 Å². The number of nitriles is 1. The molecule has 0 atom stereocenters. The zero-order valence-electron chi connectivity index (χ0n) is 16.5. The number of benzene rings is 3. The van der Waals surface area contributed by atoms with Crippen LogP contribution in [-0.4, -0.2) is 5.91 Å². The Labute approximate surface area is 199 Å². The Kier molecular flexibility index (Phi) is 7.75. The van der Waals surface area contributed by atoms with Crippen LogP contribution in [0, 0.1) is 18.3 Å². The topological polar surface area (TPSA) is 62.1 Å². The first-order valence-electron chi connectivity index (χ1n) is 9.22. The van der Waals surface area contributed by atoms with Gasteiger partial charge in [-0.1, -0.05) is 75.0 Å². The molecule has 1 amide bonds. The first-order valence-corrected chi connectivity index (χ1v) is 10.8. The van der Waals surface area contributed by atoms with E-state index in [2.05, 4.69) is 21.2 Å². The van der Waals surface area contributed by atoms with Crippen molar-refractivity contribution in [3.8, 4) is 11.8 Å². The summed E-state index contributed by atoms with van der Waals surface area (Å²) < 4.78 is 6.76. The predicted octanol–water partition coefficient (Wildman–Crippen LogP) is 7.19. The number of ether oxygens (including phenoxy) is 1. The minimum absolute atomic E-state index is 0.102. The Bertz CT molecular complexity index is 1200. The lowest BCUT2D eigenvalue weighted by atomic mass is 10.1. The molecular formula is C24H17BrCl2N2O2. The summed E-state index contributed by atoms with van der Waals surface area (Å²) in [5.74, 6) is -0.0534. The van der Waals surface area contributed by atoms with E-state index in [9.17, 15) is 10.1 Å². The van der Waals surface area contributed by atoms with Gasteiger partial charge in [0.15, 0.2) is 0 Å². The van der Waals surface area contributed by atoms with E-state index in [0.29, 0.717) is 28.6 Å². The van der Waals surface area contributed by atoms with Crippen molar-refractivity contribution >= 4 is 56.8 Å². The van der Waals surface area contributed by atoms with Crippen molar-refractivity contribution in [3.63, 3.8) is 0 Å². The second-order valence-corrected chi connectivity index (χ2v) is 8.39. The third-order valence-corrected chi connectivity index (χ3v) is 5.63. The highest BCUT2D eigenvalue weighted by Gasteiger charge is 2.14. The minimum atomic E-state index is -0.601. The van der Waals surface area contributed by atoms with Gasteiger partial charge in [-0.2, -0.15) is 5.26 Å². The lowest BCUT2D eigenvalue weighted by molar-refractivity contribution is -0.112. The number of anilines is 1. The van der Waals surface area contributed by atoms with E-state index in [1.54, 1.807) is 30.3 Å². The van der Waals surface area contributed by atoms with Gasteiger partial charge in [0.1, 0.15) is 24.0 Å². The number of rotatable bonds is 6. The molecule has 3 rings (SSSR count). The smallest absolute Gasteiger partial charge is 0.266 e. The first-order chi connectivity index (χ1) is 14.9. The average molecular weight is 516 g/mol. The van der Waals surface area contributed by atoms with E-state index in [1.165, 1.54) is 6.08 Å². The van der Waals surface area contributed by atoms with E-state index < -0.39 is 5.91 Å². The molecule has 0 aliphatic heterocycles. The standard InChI is InChI=1S/C24H17BrCl2N2O2/c1-15-4-2-5-16(10-15)14-31-22-9-8-19(25)12-17(22)11-18(13-28)24(30)29-21-7-3-6-20(26)23(21)27/h2-12H,14H2,1H3,(H,29,30)/b18-11-. The van der Waals surface area contributed by atoms with Gasteiger partial charge in [0.25, 0.3) is 5.91 Å². The normalized spacial score (nSPS) is 11.0. The molecule has 1 N–H and O–H groups in total. The number of hydrogen-bond acceptors (Lipinski definition) is 3. The Morgan fingerprint density at radius 2 is 1.94 bits per heavy atom. The summed E-state index contributed by atoms with van der Waals surface area (Å²) >= 11 is 15.5. The molecular weight excluding hydrogens is 499 g/mol. The SMILES string of the molecule is Cc1cccc(COc2ccc(Br)cc2/C=C(/C#N)C(=O)Nc2cccc(Cl)c2Cl)c1. The van der Waals surface area contributed by atoms with Crippen molar-refractivity contribution in [2.75, 3.05) is 5.32 Å². The monoisotopic (exact) mass is 514 g/mol. The van der Waals surface area contributed by atoms with Crippen molar-refractivity contribution in [2.24, 2.45) is 0 Å². The zero-order chi connectivity index (χ0) is 22.4. The van der Waals surface area contributed by atoms with Gasteiger partial charge in [0.2, 0.25) is 0 Å². The van der Waals surface area contributed by atoms with Crippen LogP contribution < -0.4 is 10.1 Å². The van der Waals surface area contributed by atoms with Gasteiger partial charge in [-0.3, -0.25) is 4.79 Å². The largest absolute Gasteiger partial charge is 0.488 e. The number of nitrogens with one attached hydrogen (secondary N) is 1. The Morgan fingerprint density at radius 3 is 2.68 bits per heavy atom. The van der Waals surface area contributed by atoms with Crippen LogP contribution in [0.2, 0.25) is 10.0 Å². The molecule has 7 heteroatoms. The molecule has 0 spiro atoms. The van der Waals surface area contributed by atoms with Crippen LogP contribution in [0.5, 0.6) is 5.75 Å². The van der Waals surface area contributed by atoms with Crippen molar-refractivity contribution in [1.82, 2.24) is 0 Å². The molecule has 0 fully saturated rings. The van der Waals surface area contributed by atoms with Crippen LogP contribution in [0.25, 0.3) is 6.08 Å². The molecule has 4 nitrogen and oxygen atoms in total. The summed E-state index contributed by atoms with van der Waals surface area (Å²) in [6.45, 7) is 2.37. The third kappa shape index (κ3) is 6.11. The van der Waals surface area contributed by atoms with E-state index in [1.807, 2.05) is 43.3 Å². The number of aryl methyl sites for hydroxylation is 1. The summed E-state index contributed by atoms with van der Waals surface area (Å²) in [5, 5.41) is 12.7. The number of nitrogens with zero attached hydrogens (tertiary/aromatic N) is 1. The number of carbonyl (C=O) groups is 1. The first kappa shape index (κ1) is 22.9.